The number of rotatable bonds is 7. The topological polar surface area (TPSA) is 35.5 Å². The van der Waals surface area contributed by atoms with Crippen molar-refractivity contribution >= 4 is 11.6 Å². The van der Waals surface area contributed by atoms with Crippen LogP contribution in [0.4, 0.5) is 0 Å². The van der Waals surface area contributed by atoms with Gasteiger partial charge in [-0.3, -0.25) is 4.90 Å². The standard InChI is InChI=1S/C16H25ClN2O/c1-2-3-10-19(11-13-6-5-9-18-13)12-14-15(17)7-4-8-16(14)20/h4,7-8,13,18,20H,2-3,5-6,9-12H2,1H3. The molecule has 20 heavy (non-hydrogen) atoms. The van der Waals surface area contributed by atoms with Crippen LogP contribution < -0.4 is 5.32 Å². The Hall–Kier alpha value is -0.770. The summed E-state index contributed by atoms with van der Waals surface area (Å²) in [4.78, 5) is 2.41. The lowest BCUT2D eigenvalue weighted by molar-refractivity contribution is 0.235. The lowest BCUT2D eigenvalue weighted by Crippen LogP contribution is -2.37. The average Bonchev–Trinajstić information content (AvgIpc) is 2.93. The van der Waals surface area contributed by atoms with Crippen molar-refractivity contribution in [1.29, 1.82) is 0 Å². The first-order chi connectivity index (χ1) is 9.70. The fourth-order valence-electron chi connectivity index (χ4n) is 2.77. The zero-order valence-corrected chi connectivity index (χ0v) is 13.0. The van der Waals surface area contributed by atoms with Crippen molar-refractivity contribution in [3.8, 4) is 5.75 Å². The molecule has 1 saturated heterocycles. The molecular formula is C16H25ClN2O. The second kappa shape index (κ2) is 7.87. The molecule has 2 rings (SSSR count). The van der Waals surface area contributed by atoms with E-state index >= 15 is 0 Å². The number of unbranched alkanes of at least 4 members (excludes halogenated alkanes) is 1. The van der Waals surface area contributed by atoms with E-state index in [-0.39, 0.29) is 0 Å². The van der Waals surface area contributed by atoms with Crippen LogP contribution in [0.25, 0.3) is 0 Å². The molecule has 4 heteroatoms. The van der Waals surface area contributed by atoms with E-state index in [2.05, 4.69) is 17.1 Å². The lowest BCUT2D eigenvalue weighted by Gasteiger charge is -2.26. The summed E-state index contributed by atoms with van der Waals surface area (Å²) in [6, 6.07) is 5.93. The van der Waals surface area contributed by atoms with Crippen LogP contribution in [-0.4, -0.2) is 35.7 Å². The van der Waals surface area contributed by atoms with Crippen molar-refractivity contribution in [2.24, 2.45) is 0 Å². The molecule has 112 valence electrons. The molecule has 1 aromatic carbocycles. The van der Waals surface area contributed by atoms with E-state index in [4.69, 9.17) is 11.6 Å². The summed E-state index contributed by atoms with van der Waals surface area (Å²) < 4.78 is 0. The predicted octanol–water partition coefficient (Wildman–Crippen LogP) is 3.40. The van der Waals surface area contributed by atoms with Crippen LogP contribution in [0.3, 0.4) is 0 Å². The zero-order chi connectivity index (χ0) is 14.4. The third-order valence-corrected chi connectivity index (χ3v) is 4.30. The van der Waals surface area contributed by atoms with Crippen molar-refractivity contribution in [2.75, 3.05) is 19.6 Å². The highest BCUT2D eigenvalue weighted by atomic mass is 35.5. The van der Waals surface area contributed by atoms with Gasteiger partial charge >= 0.3 is 0 Å². The summed E-state index contributed by atoms with van der Waals surface area (Å²) >= 11 is 6.22. The highest BCUT2D eigenvalue weighted by molar-refractivity contribution is 6.31. The minimum absolute atomic E-state index is 0.304. The van der Waals surface area contributed by atoms with Gasteiger partial charge in [0.25, 0.3) is 0 Å². The number of phenolic OH excluding ortho intramolecular Hbond substituents is 1. The molecule has 0 spiro atoms. The second-order valence-corrected chi connectivity index (χ2v) is 6.03. The molecule has 1 aliphatic rings. The molecule has 0 saturated carbocycles. The van der Waals surface area contributed by atoms with E-state index in [9.17, 15) is 5.11 Å². The molecule has 0 radical (unpaired) electrons. The Bertz CT molecular complexity index is 399. The molecule has 0 aliphatic carbocycles. The minimum Gasteiger partial charge on any atom is -0.508 e. The van der Waals surface area contributed by atoms with Crippen LogP contribution in [-0.2, 0) is 6.54 Å². The van der Waals surface area contributed by atoms with Gasteiger partial charge in [0.15, 0.2) is 0 Å². The van der Waals surface area contributed by atoms with E-state index < -0.39 is 0 Å². The van der Waals surface area contributed by atoms with E-state index in [0.717, 1.165) is 31.7 Å². The molecule has 2 N–H and O–H groups in total. The maximum absolute atomic E-state index is 10.00. The van der Waals surface area contributed by atoms with E-state index in [1.54, 1.807) is 12.1 Å². The zero-order valence-electron chi connectivity index (χ0n) is 12.2. The first kappa shape index (κ1) is 15.6. The van der Waals surface area contributed by atoms with E-state index in [1.165, 1.54) is 25.7 Å². The number of nitrogens with zero attached hydrogens (tertiary/aromatic N) is 1. The average molecular weight is 297 g/mol. The Balaban J connectivity index is 2.01. The summed E-state index contributed by atoms with van der Waals surface area (Å²) in [5.74, 6) is 0.304. The monoisotopic (exact) mass is 296 g/mol. The summed E-state index contributed by atoms with van der Waals surface area (Å²) in [5.41, 5.74) is 0.850. The quantitative estimate of drug-likeness (QED) is 0.809. The predicted molar refractivity (Wildman–Crippen MR) is 84.3 cm³/mol. The largest absolute Gasteiger partial charge is 0.508 e. The van der Waals surface area contributed by atoms with Gasteiger partial charge in [0, 0.05) is 29.7 Å². The fourth-order valence-corrected chi connectivity index (χ4v) is 3.00. The molecule has 3 nitrogen and oxygen atoms in total. The summed E-state index contributed by atoms with van der Waals surface area (Å²) in [5, 5.41) is 14.2. The van der Waals surface area contributed by atoms with E-state index in [1.807, 2.05) is 6.07 Å². The number of phenols is 1. The minimum atomic E-state index is 0.304. The first-order valence-corrected chi connectivity index (χ1v) is 8.00. The lowest BCUT2D eigenvalue weighted by atomic mass is 10.1. The smallest absolute Gasteiger partial charge is 0.121 e. The number of hydrogen-bond acceptors (Lipinski definition) is 3. The number of benzene rings is 1. The third-order valence-electron chi connectivity index (χ3n) is 3.94. The van der Waals surface area contributed by atoms with Crippen molar-refractivity contribution in [1.82, 2.24) is 10.2 Å². The Kier molecular flexibility index (Phi) is 6.14. The number of nitrogens with one attached hydrogen (secondary N) is 1. The molecule has 0 aromatic heterocycles. The molecule has 1 atom stereocenters. The van der Waals surface area contributed by atoms with Crippen LogP contribution in [0.1, 0.15) is 38.2 Å². The molecule has 1 aromatic rings. The molecule has 1 unspecified atom stereocenters. The van der Waals surface area contributed by atoms with Gasteiger partial charge in [0.2, 0.25) is 0 Å². The summed E-state index contributed by atoms with van der Waals surface area (Å²) in [6.45, 7) is 6.15. The van der Waals surface area contributed by atoms with Crippen LogP contribution in [0.2, 0.25) is 5.02 Å². The van der Waals surface area contributed by atoms with Crippen LogP contribution in [0.15, 0.2) is 18.2 Å². The van der Waals surface area contributed by atoms with Crippen molar-refractivity contribution in [2.45, 2.75) is 45.2 Å². The first-order valence-electron chi connectivity index (χ1n) is 7.62. The number of hydrogen-bond donors (Lipinski definition) is 2. The molecule has 1 fully saturated rings. The summed E-state index contributed by atoms with van der Waals surface area (Å²) in [6.07, 6.45) is 4.88. The van der Waals surface area contributed by atoms with Gasteiger partial charge in [0.05, 0.1) is 0 Å². The van der Waals surface area contributed by atoms with Crippen LogP contribution >= 0.6 is 11.6 Å². The van der Waals surface area contributed by atoms with Crippen molar-refractivity contribution < 1.29 is 5.11 Å². The Labute approximate surface area is 126 Å². The van der Waals surface area contributed by atoms with Gasteiger partial charge in [-0.1, -0.05) is 31.0 Å². The number of halogens is 1. The fraction of sp³-hybridized carbons (Fsp3) is 0.625. The SMILES string of the molecule is CCCCN(Cc1c(O)cccc1Cl)CC1CCCN1. The van der Waals surface area contributed by atoms with Gasteiger partial charge in [-0.15, -0.1) is 0 Å². The molecule has 1 heterocycles. The molecule has 0 bridgehead atoms. The molecule has 1 aliphatic heterocycles. The highest BCUT2D eigenvalue weighted by Gasteiger charge is 2.19. The van der Waals surface area contributed by atoms with Gasteiger partial charge in [-0.2, -0.15) is 0 Å². The van der Waals surface area contributed by atoms with Gasteiger partial charge in [0.1, 0.15) is 5.75 Å². The molecule has 0 amide bonds. The van der Waals surface area contributed by atoms with Crippen molar-refractivity contribution in [3.05, 3.63) is 28.8 Å². The number of aromatic hydroxyl groups is 1. The normalized spacial score (nSPS) is 18.9. The maximum Gasteiger partial charge on any atom is 0.121 e. The Morgan fingerprint density at radius 1 is 1.45 bits per heavy atom. The van der Waals surface area contributed by atoms with E-state index in [0.29, 0.717) is 16.8 Å². The summed E-state index contributed by atoms with van der Waals surface area (Å²) in [7, 11) is 0. The molecular weight excluding hydrogens is 272 g/mol. The van der Waals surface area contributed by atoms with Crippen LogP contribution in [0.5, 0.6) is 5.75 Å². The van der Waals surface area contributed by atoms with Crippen molar-refractivity contribution in [3.63, 3.8) is 0 Å². The van der Waals surface area contributed by atoms with Gasteiger partial charge < -0.3 is 10.4 Å². The Morgan fingerprint density at radius 3 is 2.95 bits per heavy atom. The maximum atomic E-state index is 10.00. The third kappa shape index (κ3) is 4.37. The van der Waals surface area contributed by atoms with Gasteiger partial charge in [-0.05, 0) is 44.5 Å². The van der Waals surface area contributed by atoms with Gasteiger partial charge in [-0.25, -0.2) is 0 Å². The second-order valence-electron chi connectivity index (χ2n) is 5.62. The van der Waals surface area contributed by atoms with Crippen LogP contribution in [0, 0.1) is 0 Å². The Morgan fingerprint density at radius 2 is 2.30 bits per heavy atom. The highest BCUT2D eigenvalue weighted by Crippen LogP contribution is 2.27.